The summed E-state index contributed by atoms with van der Waals surface area (Å²) in [6.45, 7) is 13.9. The number of carbonyl (C=O) groups excluding carboxylic acids is 1. The maximum atomic E-state index is 12.0. The number of hydrogen-bond donors (Lipinski definition) is 1. The van der Waals surface area contributed by atoms with Crippen molar-refractivity contribution in [1.82, 2.24) is 0 Å². The minimum Gasteiger partial charge on any atom is -0.462 e. The van der Waals surface area contributed by atoms with E-state index >= 15 is 0 Å². The highest BCUT2D eigenvalue weighted by Gasteiger charge is 2.63. The van der Waals surface area contributed by atoms with E-state index in [-0.39, 0.29) is 23.6 Å². The lowest BCUT2D eigenvalue weighted by Gasteiger charge is -2.62. The fourth-order valence-corrected chi connectivity index (χ4v) is 9.62. The summed E-state index contributed by atoms with van der Waals surface area (Å²) in [7, 11) is 0. The van der Waals surface area contributed by atoms with E-state index in [1.807, 2.05) is 0 Å². The Labute approximate surface area is 197 Å². The molecule has 184 valence electrons. The molecule has 32 heavy (non-hydrogen) atoms. The molecule has 0 aromatic carbocycles. The first-order valence-corrected chi connectivity index (χ1v) is 13.9. The predicted octanol–water partition coefficient (Wildman–Crippen LogP) is 7.01. The molecule has 0 radical (unpaired) electrons. The van der Waals surface area contributed by atoms with Gasteiger partial charge in [0.05, 0.1) is 6.10 Å². The van der Waals surface area contributed by atoms with Gasteiger partial charge >= 0.3 is 5.97 Å². The van der Waals surface area contributed by atoms with E-state index in [0.29, 0.717) is 17.3 Å². The van der Waals surface area contributed by atoms with E-state index in [0.717, 1.165) is 55.3 Å². The molecule has 4 saturated carbocycles. The molecule has 0 aromatic heterocycles. The van der Waals surface area contributed by atoms with Crippen molar-refractivity contribution in [3.63, 3.8) is 0 Å². The molecule has 3 nitrogen and oxygen atoms in total. The molecule has 3 heteroatoms. The van der Waals surface area contributed by atoms with Crippen molar-refractivity contribution in [1.29, 1.82) is 0 Å². The van der Waals surface area contributed by atoms with E-state index in [4.69, 9.17) is 4.74 Å². The van der Waals surface area contributed by atoms with E-state index in [9.17, 15) is 9.90 Å². The minimum atomic E-state index is -0.223. The molecule has 0 bridgehead atoms. The molecule has 0 aromatic rings. The predicted molar refractivity (Wildman–Crippen MR) is 130 cm³/mol. The van der Waals surface area contributed by atoms with Crippen molar-refractivity contribution in [2.45, 2.75) is 124 Å². The van der Waals surface area contributed by atoms with Gasteiger partial charge in [0.15, 0.2) is 0 Å². The zero-order valence-electron chi connectivity index (χ0n) is 21.7. The van der Waals surface area contributed by atoms with Crippen LogP contribution in [0.5, 0.6) is 0 Å². The summed E-state index contributed by atoms with van der Waals surface area (Å²) in [4.78, 5) is 12.0. The van der Waals surface area contributed by atoms with E-state index < -0.39 is 0 Å². The summed E-state index contributed by atoms with van der Waals surface area (Å²) < 4.78 is 6.00. The van der Waals surface area contributed by atoms with Gasteiger partial charge in [0.25, 0.3) is 0 Å². The maximum Gasteiger partial charge on any atom is 0.302 e. The van der Waals surface area contributed by atoms with Gasteiger partial charge in [-0.2, -0.15) is 0 Å². The third-order valence-electron chi connectivity index (χ3n) is 11.1. The number of ether oxygens (including phenoxy) is 1. The summed E-state index contributed by atoms with van der Waals surface area (Å²) in [6.07, 6.45) is 13.2. The Morgan fingerprint density at radius 1 is 0.938 bits per heavy atom. The Balaban J connectivity index is 1.55. The van der Waals surface area contributed by atoms with Crippen LogP contribution in [0.2, 0.25) is 0 Å². The normalized spacial score (nSPS) is 46.8. The number of esters is 1. The van der Waals surface area contributed by atoms with Gasteiger partial charge in [-0.05, 0) is 97.7 Å². The molecule has 0 saturated heterocycles. The monoisotopic (exact) mass is 446 g/mol. The summed E-state index contributed by atoms with van der Waals surface area (Å²) in [5, 5.41) is 10.5. The molecular formula is C29H50O3. The van der Waals surface area contributed by atoms with Crippen LogP contribution in [0.4, 0.5) is 0 Å². The first-order chi connectivity index (χ1) is 15.1. The van der Waals surface area contributed by atoms with Crippen LogP contribution in [0.25, 0.3) is 0 Å². The number of carbonyl (C=O) groups is 1. The Hall–Kier alpha value is -0.570. The molecule has 4 rings (SSSR count). The van der Waals surface area contributed by atoms with Crippen molar-refractivity contribution < 1.29 is 14.6 Å². The fourth-order valence-electron chi connectivity index (χ4n) is 9.62. The van der Waals surface area contributed by atoms with Crippen molar-refractivity contribution in [3.05, 3.63) is 0 Å². The van der Waals surface area contributed by atoms with Crippen molar-refractivity contribution in [2.75, 3.05) is 0 Å². The van der Waals surface area contributed by atoms with E-state index in [1.54, 1.807) is 6.92 Å². The number of fused-ring (bicyclic) bond motifs is 5. The Morgan fingerprint density at radius 2 is 1.62 bits per heavy atom. The lowest BCUT2D eigenvalue weighted by molar-refractivity contribution is -0.192. The largest absolute Gasteiger partial charge is 0.462 e. The molecule has 0 unspecified atom stereocenters. The molecule has 0 heterocycles. The second kappa shape index (κ2) is 9.23. The highest BCUT2D eigenvalue weighted by atomic mass is 16.5. The van der Waals surface area contributed by atoms with E-state index in [1.165, 1.54) is 44.9 Å². The third-order valence-corrected chi connectivity index (χ3v) is 11.1. The highest BCUT2D eigenvalue weighted by molar-refractivity contribution is 5.66. The molecule has 4 aliphatic carbocycles. The molecule has 0 spiro atoms. The maximum absolute atomic E-state index is 12.0. The molecule has 0 aliphatic heterocycles. The van der Waals surface area contributed by atoms with Crippen LogP contribution in [0.3, 0.4) is 0 Å². The van der Waals surface area contributed by atoms with Crippen LogP contribution in [-0.2, 0) is 9.53 Å². The van der Waals surface area contributed by atoms with Crippen LogP contribution in [0.15, 0.2) is 0 Å². The first kappa shape index (κ1) is 24.6. The first-order valence-electron chi connectivity index (χ1n) is 13.9. The van der Waals surface area contributed by atoms with E-state index in [2.05, 4.69) is 34.6 Å². The smallest absolute Gasteiger partial charge is 0.302 e. The summed E-state index contributed by atoms with van der Waals surface area (Å²) >= 11 is 0. The lowest BCUT2D eigenvalue weighted by atomic mass is 9.43. The number of aliphatic hydroxyl groups is 1. The zero-order chi connectivity index (χ0) is 23.3. The quantitative estimate of drug-likeness (QED) is 0.446. The van der Waals surface area contributed by atoms with Gasteiger partial charge in [-0.25, -0.2) is 0 Å². The molecule has 10 atom stereocenters. The van der Waals surface area contributed by atoms with Gasteiger partial charge in [0, 0.05) is 12.8 Å². The fraction of sp³-hybridized carbons (Fsp3) is 0.966. The average Bonchev–Trinajstić information content (AvgIpc) is 3.06. The minimum absolute atomic E-state index is 0.00133. The van der Waals surface area contributed by atoms with Crippen LogP contribution in [0.1, 0.15) is 112 Å². The van der Waals surface area contributed by atoms with Crippen molar-refractivity contribution in [2.24, 2.45) is 52.3 Å². The van der Waals surface area contributed by atoms with Gasteiger partial charge < -0.3 is 9.84 Å². The summed E-state index contributed by atoms with van der Waals surface area (Å²) in [5.41, 5.74) is 0.668. The molecule has 4 fully saturated rings. The van der Waals surface area contributed by atoms with Gasteiger partial charge in [-0.3, -0.25) is 4.79 Å². The SMILES string of the molecule is CC(=O)O[C@@H]1C[C@@H]2[C@H](CC[C@]3(C)[C@@H]([C@H](C)CCCC(C)C)CC[C@@H]23)[C@@]2(C)CC[C@H](O)C[C@H]12. The van der Waals surface area contributed by atoms with Gasteiger partial charge in [0.2, 0.25) is 0 Å². The van der Waals surface area contributed by atoms with Crippen LogP contribution in [-0.4, -0.2) is 23.3 Å². The Kier molecular flexibility index (Phi) is 7.08. The van der Waals surface area contributed by atoms with Gasteiger partial charge in [-0.15, -0.1) is 0 Å². The van der Waals surface area contributed by atoms with Crippen molar-refractivity contribution in [3.8, 4) is 0 Å². The molecule has 1 N–H and O–H groups in total. The second-order valence-electron chi connectivity index (χ2n) is 13.3. The number of aliphatic hydroxyl groups excluding tert-OH is 1. The summed E-state index contributed by atoms with van der Waals surface area (Å²) in [5.74, 6) is 4.87. The standard InChI is InChI=1S/C29H50O3/c1-18(2)8-7-9-19(3)23-10-11-24-22-17-27(32-20(4)30)26-16-21(31)12-14-29(26,6)25(22)13-15-28(23,24)5/h18-19,21-27,31H,7-17H2,1-6H3/t19-,21+,22+,23-,24+,25+,26-,27-,28-,29-/m1/s1. The van der Waals surface area contributed by atoms with Crippen LogP contribution < -0.4 is 0 Å². The van der Waals surface area contributed by atoms with Gasteiger partial charge in [0.1, 0.15) is 6.10 Å². The third kappa shape index (κ3) is 4.29. The lowest BCUT2D eigenvalue weighted by Crippen LogP contribution is -2.59. The van der Waals surface area contributed by atoms with Gasteiger partial charge in [-0.1, -0.05) is 53.9 Å². The van der Waals surface area contributed by atoms with Crippen LogP contribution in [0, 0.1) is 52.3 Å². The number of hydrogen-bond acceptors (Lipinski definition) is 3. The number of rotatable bonds is 6. The topological polar surface area (TPSA) is 46.5 Å². The van der Waals surface area contributed by atoms with Crippen LogP contribution >= 0.6 is 0 Å². The highest BCUT2D eigenvalue weighted by Crippen LogP contribution is 2.68. The van der Waals surface area contributed by atoms with Crippen molar-refractivity contribution >= 4 is 5.97 Å². The second-order valence-corrected chi connectivity index (χ2v) is 13.3. The average molecular weight is 447 g/mol. The Morgan fingerprint density at radius 3 is 2.31 bits per heavy atom. The molecule has 0 amide bonds. The molecule has 4 aliphatic rings. The summed E-state index contributed by atoms with van der Waals surface area (Å²) in [6, 6.07) is 0. The Bertz CT molecular complexity index is 673. The zero-order valence-corrected chi connectivity index (χ0v) is 21.7. The molecular weight excluding hydrogens is 396 g/mol.